The first kappa shape index (κ1) is 18.6. The number of hydrogen-bond donors (Lipinski definition) is 2. The topological polar surface area (TPSA) is 44.0 Å². The van der Waals surface area contributed by atoms with Crippen LogP contribution in [0.1, 0.15) is 31.0 Å². The number of benzene rings is 1. The highest BCUT2D eigenvalue weighted by Gasteiger charge is 2.28. The molecule has 28 heavy (non-hydrogen) atoms. The molecule has 0 saturated carbocycles. The summed E-state index contributed by atoms with van der Waals surface area (Å²) in [5, 5.41) is 5.10. The van der Waals surface area contributed by atoms with Crippen molar-refractivity contribution in [2.24, 2.45) is 0 Å². The molecule has 0 spiro atoms. The van der Waals surface area contributed by atoms with E-state index in [0.29, 0.717) is 5.15 Å². The molecule has 1 aromatic carbocycles. The van der Waals surface area contributed by atoms with Gasteiger partial charge in [-0.25, -0.2) is 4.98 Å². The number of rotatable bonds is 6. The molecule has 144 valence electrons. The summed E-state index contributed by atoms with van der Waals surface area (Å²) in [5.41, 5.74) is 6.42. The Morgan fingerprint density at radius 3 is 3.00 bits per heavy atom. The lowest BCUT2D eigenvalue weighted by molar-refractivity contribution is 0.609. The van der Waals surface area contributed by atoms with E-state index in [1.165, 1.54) is 11.3 Å². The zero-order chi connectivity index (χ0) is 19.7. The van der Waals surface area contributed by atoms with Gasteiger partial charge in [0.25, 0.3) is 0 Å². The number of hydrogen-bond acceptors (Lipinski definition) is 3. The van der Waals surface area contributed by atoms with E-state index in [-0.39, 0.29) is 6.04 Å². The Balaban J connectivity index is 1.58. The van der Waals surface area contributed by atoms with E-state index in [0.717, 1.165) is 53.8 Å². The van der Waals surface area contributed by atoms with Gasteiger partial charge in [0.2, 0.25) is 0 Å². The fourth-order valence-corrected chi connectivity index (χ4v) is 3.96. The molecule has 2 N–H and O–H groups in total. The molecule has 4 nitrogen and oxygen atoms in total. The van der Waals surface area contributed by atoms with Crippen molar-refractivity contribution in [1.29, 1.82) is 0 Å². The van der Waals surface area contributed by atoms with Crippen molar-refractivity contribution < 1.29 is 0 Å². The second-order valence-corrected chi connectivity index (χ2v) is 7.67. The number of nitrogens with one attached hydrogen (secondary N) is 2. The minimum atomic E-state index is 0.104. The summed E-state index contributed by atoms with van der Waals surface area (Å²) in [4.78, 5) is 9.85. The third-order valence-electron chi connectivity index (χ3n) is 5.34. The zero-order valence-electron chi connectivity index (χ0n) is 16.1. The molecule has 0 radical (unpaired) electrons. The predicted octanol–water partition coefficient (Wildman–Crippen LogP) is 5.52. The number of aromatic nitrogens is 2. The van der Waals surface area contributed by atoms with Crippen LogP contribution in [0.15, 0.2) is 61.4 Å². The van der Waals surface area contributed by atoms with Crippen LogP contribution in [0.2, 0.25) is 5.15 Å². The molecule has 5 heteroatoms. The highest BCUT2D eigenvalue weighted by atomic mass is 35.5. The molecule has 3 aromatic rings. The van der Waals surface area contributed by atoms with Gasteiger partial charge in [-0.05, 0) is 30.2 Å². The fourth-order valence-electron chi connectivity index (χ4n) is 3.80. The van der Waals surface area contributed by atoms with Crippen LogP contribution in [-0.2, 0) is 6.42 Å². The van der Waals surface area contributed by atoms with Crippen LogP contribution >= 0.6 is 11.6 Å². The summed E-state index contributed by atoms with van der Waals surface area (Å²) < 4.78 is 0. The molecule has 1 aliphatic heterocycles. The standard InChI is InChI=1S/C23H25ClN4/c1-4-5-10-28-16(3)20(11-17-8-6-7-9-22(17)28)26-15(2)19-12-18-13-23(24)25-14-21(18)27-19/h6-9,12-14,20,26-27H,2-5,10-11H2,1H3. The number of nitrogens with zero attached hydrogens (tertiary/aromatic N) is 2. The first-order chi connectivity index (χ1) is 13.6. The average molecular weight is 393 g/mol. The smallest absolute Gasteiger partial charge is 0.129 e. The number of unbranched alkanes of at least 4 members (excludes halogenated alkanes) is 1. The number of halogens is 1. The molecule has 2 aromatic heterocycles. The number of aromatic amines is 1. The largest absolute Gasteiger partial charge is 0.375 e. The molecular weight excluding hydrogens is 368 g/mol. The maximum Gasteiger partial charge on any atom is 0.129 e. The third-order valence-corrected chi connectivity index (χ3v) is 5.54. The van der Waals surface area contributed by atoms with Crippen LogP contribution in [-0.4, -0.2) is 22.6 Å². The summed E-state index contributed by atoms with van der Waals surface area (Å²) in [6, 6.07) is 12.6. The molecule has 0 saturated heterocycles. The van der Waals surface area contributed by atoms with Crippen molar-refractivity contribution in [3.63, 3.8) is 0 Å². The van der Waals surface area contributed by atoms with Crippen molar-refractivity contribution in [2.45, 2.75) is 32.2 Å². The van der Waals surface area contributed by atoms with Crippen LogP contribution in [0.4, 0.5) is 5.69 Å². The second kappa shape index (κ2) is 7.72. The van der Waals surface area contributed by atoms with Gasteiger partial charge < -0.3 is 15.2 Å². The zero-order valence-corrected chi connectivity index (χ0v) is 16.9. The van der Waals surface area contributed by atoms with Gasteiger partial charge in [-0.3, -0.25) is 0 Å². The highest BCUT2D eigenvalue weighted by molar-refractivity contribution is 6.30. The van der Waals surface area contributed by atoms with E-state index in [2.05, 4.69) is 64.5 Å². The Kier molecular flexibility index (Phi) is 5.14. The lowest BCUT2D eigenvalue weighted by Crippen LogP contribution is -2.43. The van der Waals surface area contributed by atoms with Gasteiger partial charge in [0.1, 0.15) is 5.15 Å². The Hall–Kier alpha value is -2.72. The normalized spacial score (nSPS) is 16.3. The van der Waals surface area contributed by atoms with Gasteiger partial charge in [0.15, 0.2) is 0 Å². The minimum absolute atomic E-state index is 0.104. The van der Waals surface area contributed by atoms with E-state index >= 15 is 0 Å². The number of anilines is 1. The van der Waals surface area contributed by atoms with Crippen LogP contribution in [0.5, 0.6) is 0 Å². The molecular formula is C23H25ClN4. The van der Waals surface area contributed by atoms with Gasteiger partial charge in [-0.1, -0.05) is 56.3 Å². The monoisotopic (exact) mass is 392 g/mol. The van der Waals surface area contributed by atoms with Crippen molar-refractivity contribution in [2.75, 3.05) is 11.4 Å². The second-order valence-electron chi connectivity index (χ2n) is 7.28. The molecule has 1 unspecified atom stereocenters. The van der Waals surface area contributed by atoms with Crippen molar-refractivity contribution in [1.82, 2.24) is 15.3 Å². The molecule has 0 aliphatic carbocycles. The number of fused-ring (bicyclic) bond motifs is 2. The lowest BCUT2D eigenvalue weighted by atomic mass is 9.94. The summed E-state index contributed by atoms with van der Waals surface area (Å²) in [6.45, 7) is 11.9. The molecule has 0 bridgehead atoms. The first-order valence-corrected chi connectivity index (χ1v) is 10.1. The SMILES string of the molecule is C=C(NC1Cc2ccccc2N(CCCC)C1=C)c1cc2cc(Cl)ncc2[nH]1. The Bertz CT molecular complexity index is 1040. The van der Waals surface area contributed by atoms with Crippen LogP contribution in [0.25, 0.3) is 16.6 Å². The Morgan fingerprint density at radius 1 is 1.36 bits per heavy atom. The summed E-state index contributed by atoms with van der Waals surface area (Å²) in [7, 11) is 0. The van der Waals surface area contributed by atoms with Crippen molar-refractivity contribution in [3.8, 4) is 0 Å². The van der Waals surface area contributed by atoms with Gasteiger partial charge in [0, 0.05) is 29.7 Å². The fraction of sp³-hybridized carbons (Fsp3) is 0.261. The van der Waals surface area contributed by atoms with Crippen molar-refractivity contribution in [3.05, 3.63) is 77.9 Å². The third kappa shape index (κ3) is 3.52. The number of H-pyrrole nitrogens is 1. The molecule has 4 rings (SSSR count). The van der Waals surface area contributed by atoms with Gasteiger partial charge in [-0.15, -0.1) is 0 Å². The molecule has 1 aliphatic rings. The van der Waals surface area contributed by atoms with Crippen LogP contribution in [0.3, 0.4) is 0 Å². The number of para-hydroxylation sites is 1. The van der Waals surface area contributed by atoms with E-state index < -0.39 is 0 Å². The first-order valence-electron chi connectivity index (χ1n) is 9.71. The molecule has 0 fully saturated rings. The van der Waals surface area contributed by atoms with Gasteiger partial charge in [0.05, 0.1) is 29.1 Å². The predicted molar refractivity (Wildman–Crippen MR) is 119 cm³/mol. The maximum absolute atomic E-state index is 6.01. The van der Waals surface area contributed by atoms with E-state index in [1.807, 2.05) is 12.1 Å². The van der Waals surface area contributed by atoms with Gasteiger partial charge >= 0.3 is 0 Å². The van der Waals surface area contributed by atoms with Crippen LogP contribution < -0.4 is 10.2 Å². The van der Waals surface area contributed by atoms with E-state index in [9.17, 15) is 0 Å². The maximum atomic E-state index is 6.01. The van der Waals surface area contributed by atoms with E-state index in [4.69, 9.17) is 11.6 Å². The lowest BCUT2D eigenvalue weighted by Gasteiger charge is -2.39. The minimum Gasteiger partial charge on any atom is -0.375 e. The molecule has 0 amide bonds. The van der Waals surface area contributed by atoms with Gasteiger partial charge in [-0.2, -0.15) is 0 Å². The van der Waals surface area contributed by atoms with E-state index in [1.54, 1.807) is 6.20 Å². The summed E-state index contributed by atoms with van der Waals surface area (Å²) in [6.07, 6.45) is 4.93. The molecule has 3 heterocycles. The Morgan fingerprint density at radius 2 is 2.18 bits per heavy atom. The van der Waals surface area contributed by atoms with Crippen LogP contribution in [0, 0.1) is 0 Å². The molecule has 1 atom stereocenters. The number of pyridine rings is 1. The Labute approximate surface area is 170 Å². The highest BCUT2D eigenvalue weighted by Crippen LogP contribution is 2.33. The van der Waals surface area contributed by atoms with Crippen molar-refractivity contribution >= 4 is 33.9 Å². The summed E-state index contributed by atoms with van der Waals surface area (Å²) in [5.74, 6) is 0. The average Bonchev–Trinajstić information content (AvgIpc) is 3.11. The quantitative estimate of drug-likeness (QED) is 0.542. The summed E-state index contributed by atoms with van der Waals surface area (Å²) >= 11 is 6.01.